The van der Waals surface area contributed by atoms with Crippen LogP contribution in [0.3, 0.4) is 0 Å². The molecular formula is C63H100O29. The van der Waals surface area contributed by atoms with Gasteiger partial charge >= 0.3 is 5.97 Å². The van der Waals surface area contributed by atoms with Crippen molar-refractivity contribution in [3.63, 3.8) is 0 Å². The largest absolute Gasteiger partial charge is 0.432 e. The Morgan fingerprint density at radius 1 is 0.533 bits per heavy atom. The van der Waals surface area contributed by atoms with Crippen molar-refractivity contribution in [1.29, 1.82) is 0 Å². The van der Waals surface area contributed by atoms with Crippen molar-refractivity contribution < 1.29 is 143 Å². The zero-order valence-electron chi connectivity index (χ0n) is 53.1. The van der Waals surface area contributed by atoms with Gasteiger partial charge in [0.15, 0.2) is 31.5 Å². The van der Waals surface area contributed by atoms with Crippen LogP contribution in [0.1, 0.15) is 113 Å². The SMILES string of the molecule is C=C1CC[C@]2(C(=O)O[C@@H]3O[C@H](CO)[C@@H](O)[C@H](O)[C@H]3O)CC[C@]3(C)C(=CC[C@@H]4[C@@]5(C)CC[C@H](O[C@@H]6OC[C@@H](O)[C@H](O[C@@H]7O[C@H](CO)[C@@H](O[C@@H]8OC[C@H](O[C@@H]9O[C@@H](C)[C@H](O)[C@@H](O)[C@H]9O)[C@H](O)[C@H]8O)[C@H](O)[C@H]7O[C@@H]7O[C@@H](C)[C@H](O)[C@@H](O)[C@H]7O)[C@H]6O)C(C)(C)[C@H]5CC[C@]43C)[C@H]2C1. The van der Waals surface area contributed by atoms with Crippen LogP contribution in [-0.4, -0.2) is 292 Å². The maximum atomic E-state index is 14.7. The lowest BCUT2D eigenvalue weighted by molar-refractivity contribution is -0.399. The zero-order valence-corrected chi connectivity index (χ0v) is 53.1. The second-order valence-electron chi connectivity index (χ2n) is 29.5. The second kappa shape index (κ2) is 26.8. The Labute approximate surface area is 533 Å². The van der Waals surface area contributed by atoms with E-state index < -0.39 is 221 Å². The Balaban J connectivity index is 0.781. The summed E-state index contributed by atoms with van der Waals surface area (Å²) in [7, 11) is 0. The fourth-order valence-corrected chi connectivity index (χ4v) is 18.4. The number of esters is 1. The molecule has 6 aliphatic heterocycles. The molecule has 0 amide bonds. The number of carbonyl (C=O) groups is 1. The van der Waals surface area contributed by atoms with E-state index in [-0.39, 0.29) is 34.0 Å². The van der Waals surface area contributed by atoms with Gasteiger partial charge in [0, 0.05) is 5.92 Å². The molecule has 11 rings (SSSR count). The summed E-state index contributed by atoms with van der Waals surface area (Å²) in [4.78, 5) is 14.7. The summed E-state index contributed by atoms with van der Waals surface area (Å²) in [5.74, 6) is -0.540. The minimum atomic E-state index is -2.01. The van der Waals surface area contributed by atoms with E-state index >= 15 is 0 Å². The first-order chi connectivity index (χ1) is 43.3. The fourth-order valence-electron chi connectivity index (χ4n) is 18.4. The van der Waals surface area contributed by atoms with E-state index in [1.54, 1.807) is 0 Å². The van der Waals surface area contributed by atoms with Crippen LogP contribution in [0.5, 0.6) is 0 Å². The first-order valence-corrected chi connectivity index (χ1v) is 32.7. The normalized spacial score (nSPS) is 54.6. The molecule has 6 saturated heterocycles. The van der Waals surface area contributed by atoms with Crippen LogP contribution < -0.4 is 0 Å². The van der Waals surface area contributed by atoms with Crippen LogP contribution in [-0.2, 0) is 61.6 Å². The Kier molecular flexibility index (Phi) is 20.8. The van der Waals surface area contributed by atoms with Gasteiger partial charge in [0.05, 0.1) is 50.2 Å². The molecule has 6 heterocycles. The topological polar surface area (TPSA) is 452 Å². The predicted molar refractivity (Wildman–Crippen MR) is 309 cm³/mol. The number of hydrogen-bond donors (Lipinski definition) is 16. The molecule has 4 saturated carbocycles. The van der Waals surface area contributed by atoms with E-state index in [1.807, 2.05) is 0 Å². The molecule has 0 bridgehead atoms. The molecule has 0 radical (unpaired) electrons. The molecule has 29 nitrogen and oxygen atoms in total. The van der Waals surface area contributed by atoms with Crippen LogP contribution in [0.25, 0.3) is 0 Å². The van der Waals surface area contributed by atoms with Gasteiger partial charge in [0.25, 0.3) is 0 Å². The molecule has 0 aromatic rings. The highest BCUT2D eigenvalue weighted by Crippen LogP contribution is 2.76. The monoisotopic (exact) mass is 1320 g/mol. The number of hydrogen-bond acceptors (Lipinski definition) is 29. The molecule has 0 spiro atoms. The third kappa shape index (κ3) is 12.0. The van der Waals surface area contributed by atoms with E-state index in [4.69, 9.17) is 56.8 Å². The maximum absolute atomic E-state index is 14.7. The lowest BCUT2D eigenvalue weighted by Crippen LogP contribution is -2.67. The molecule has 92 heavy (non-hydrogen) atoms. The van der Waals surface area contributed by atoms with Crippen molar-refractivity contribution in [3.05, 3.63) is 23.8 Å². The number of aliphatic hydroxyl groups excluding tert-OH is 16. The Bertz CT molecular complexity index is 2620. The van der Waals surface area contributed by atoms with E-state index in [2.05, 4.69) is 47.3 Å². The van der Waals surface area contributed by atoms with Crippen molar-refractivity contribution in [1.82, 2.24) is 0 Å². The van der Waals surface area contributed by atoms with Crippen molar-refractivity contribution in [2.45, 2.75) is 291 Å². The highest BCUT2D eigenvalue weighted by Gasteiger charge is 2.70. The van der Waals surface area contributed by atoms with Gasteiger partial charge in [-0.2, -0.15) is 0 Å². The molecule has 526 valence electrons. The first-order valence-electron chi connectivity index (χ1n) is 32.7. The average Bonchev–Trinajstić information content (AvgIpc) is 0.678. The lowest BCUT2D eigenvalue weighted by Gasteiger charge is -2.71. The Morgan fingerprint density at radius 3 is 1.75 bits per heavy atom. The smallest absolute Gasteiger partial charge is 0.315 e. The summed E-state index contributed by atoms with van der Waals surface area (Å²) in [6.07, 6.45) is -37.7. The molecule has 0 unspecified atom stereocenters. The van der Waals surface area contributed by atoms with Crippen molar-refractivity contribution in [2.24, 2.45) is 44.8 Å². The summed E-state index contributed by atoms with van der Waals surface area (Å²) < 4.78 is 71.9. The molecule has 11 aliphatic rings. The summed E-state index contributed by atoms with van der Waals surface area (Å²) >= 11 is 0. The quantitative estimate of drug-likeness (QED) is 0.0455. The fraction of sp³-hybridized carbons (Fsp3) is 0.921. The highest BCUT2D eigenvalue weighted by molar-refractivity contribution is 5.79. The number of aliphatic hydroxyl groups is 16. The van der Waals surface area contributed by atoms with E-state index in [1.165, 1.54) is 19.4 Å². The summed E-state index contributed by atoms with van der Waals surface area (Å²) in [6.45, 7) is 16.1. The van der Waals surface area contributed by atoms with Crippen LogP contribution in [0.15, 0.2) is 23.8 Å². The van der Waals surface area contributed by atoms with Crippen molar-refractivity contribution in [2.75, 3.05) is 26.4 Å². The van der Waals surface area contributed by atoms with Crippen LogP contribution >= 0.6 is 0 Å². The number of ether oxygens (including phenoxy) is 12. The third-order valence-electron chi connectivity index (χ3n) is 24.2. The predicted octanol–water partition coefficient (Wildman–Crippen LogP) is -3.52. The highest BCUT2D eigenvalue weighted by atomic mass is 16.8. The molecule has 10 fully saturated rings. The number of carbonyl (C=O) groups excluding carboxylic acids is 1. The summed E-state index contributed by atoms with van der Waals surface area (Å²) in [5.41, 5.74) is -0.123. The first kappa shape index (κ1) is 71.2. The standard InChI is InChI=1S/C63H100O29/c1-24-11-16-63(58(80)92-56-46(77)42(73)38(69)30(20-64)85-56)18-17-61(7)27(28(63)19-24)9-10-34-60(6)14-13-35(59(4,5)33(60)12-15-62(34,61)8)88-53-48(79)49(29(66)22-81-53)89-57-51(91-55-45(76)41(72)37(68)26(3)84-55)47(78)50(31(21-65)86-57)90-52-43(74)39(70)32(23-82-52)87-54-44(75)40(71)36(67)25(2)83-54/h9,25-26,28-57,64-79H,1,10-23H2,2-8H3/t25-,26-,28+,29+,30+,31+,32-,33+,34+,35-,36-,37-,38+,39-,40+,41+,42-,43+,44+,45+,46+,47-,48+,49-,50+,51+,52-,53-,54-,55-,56-,57-,60-,61+,62+,63-/m0/s1. The third-order valence-corrected chi connectivity index (χ3v) is 24.2. The van der Waals surface area contributed by atoms with Crippen LogP contribution in [0.4, 0.5) is 0 Å². The maximum Gasteiger partial charge on any atom is 0.315 e. The average molecular weight is 1320 g/mol. The molecule has 16 N–H and O–H groups in total. The van der Waals surface area contributed by atoms with Gasteiger partial charge in [-0.15, -0.1) is 0 Å². The van der Waals surface area contributed by atoms with Crippen LogP contribution in [0, 0.1) is 44.8 Å². The van der Waals surface area contributed by atoms with Crippen molar-refractivity contribution in [3.8, 4) is 0 Å². The van der Waals surface area contributed by atoms with Crippen molar-refractivity contribution >= 4 is 5.97 Å². The van der Waals surface area contributed by atoms with Gasteiger partial charge in [-0.05, 0) is 112 Å². The Morgan fingerprint density at radius 2 is 1.10 bits per heavy atom. The van der Waals surface area contributed by atoms with E-state index in [0.29, 0.717) is 38.5 Å². The second-order valence-corrected chi connectivity index (χ2v) is 29.5. The van der Waals surface area contributed by atoms with Gasteiger partial charge in [0.2, 0.25) is 6.29 Å². The molecule has 29 heteroatoms. The van der Waals surface area contributed by atoms with Gasteiger partial charge < -0.3 is 139 Å². The molecule has 5 aliphatic carbocycles. The summed E-state index contributed by atoms with van der Waals surface area (Å²) in [6, 6.07) is 0. The number of rotatable bonds is 14. The van der Waals surface area contributed by atoms with E-state index in [0.717, 1.165) is 31.3 Å². The summed E-state index contributed by atoms with van der Waals surface area (Å²) in [5, 5.41) is 175. The van der Waals surface area contributed by atoms with Gasteiger partial charge in [-0.25, -0.2) is 0 Å². The van der Waals surface area contributed by atoms with Gasteiger partial charge in [-0.1, -0.05) is 58.4 Å². The molecular weight excluding hydrogens is 1220 g/mol. The lowest BCUT2D eigenvalue weighted by atomic mass is 9.34. The number of allylic oxidation sites excluding steroid dienone is 3. The zero-order chi connectivity index (χ0) is 66.8. The molecule has 0 aromatic carbocycles. The molecule has 36 atom stereocenters. The minimum Gasteiger partial charge on any atom is -0.432 e. The van der Waals surface area contributed by atoms with Gasteiger partial charge in [0.1, 0.15) is 122 Å². The molecule has 0 aromatic heterocycles. The van der Waals surface area contributed by atoms with Crippen LogP contribution in [0.2, 0.25) is 0 Å². The number of fused-ring (bicyclic) bond motifs is 7. The van der Waals surface area contributed by atoms with Gasteiger partial charge in [-0.3, -0.25) is 4.79 Å². The Hall–Kier alpha value is -2.13. The van der Waals surface area contributed by atoms with E-state index in [9.17, 15) is 86.5 Å². The minimum absolute atomic E-state index is 0.0906.